The summed E-state index contributed by atoms with van der Waals surface area (Å²) in [7, 11) is 2.02. The van der Waals surface area contributed by atoms with Gasteiger partial charge >= 0.3 is 5.97 Å². The van der Waals surface area contributed by atoms with Crippen LogP contribution in [0.1, 0.15) is 28.3 Å². The minimum absolute atomic E-state index is 0.0932. The van der Waals surface area contributed by atoms with Crippen molar-refractivity contribution in [2.45, 2.75) is 30.6 Å². The first-order chi connectivity index (χ1) is 11.1. The predicted molar refractivity (Wildman–Crippen MR) is 79.3 cm³/mol. The second-order valence-electron chi connectivity index (χ2n) is 6.42. The Morgan fingerprint density at radius 1 is 1.26 bits per heavy atom. The number of ether oxygens (including phenoxy) is 3. The van der Waals surface area contributed by atoms with Gasteiger partial charge in [0.15, 0.2) is 17.5 Å². The van der Waals surface area contributed by atoms with Crippen LogP contribution in [0.15, 0.2) is 23.8 Å². The highest BCUT2D eigenvalue weighted by atomic mass is 16.7. The van der Waals surface area contributed by atoms with E-state index in [9.17, 15) is 9.90 Å². The molecule has 6 nitrogen and oxygen atoms in total. The van der Waals surface area contributed by atoms with E-state index in [1.807, 2.05) is 19.2 Å². The highest BCUT2D eigenvalue weighted by molar-refractivity contribution is 5.94. The van der Waals surface area contributed by atoms with Crippen LogP contribution in [0.3, 0.4) is 0 Å². The Balaban J connectivity index is 1.72. The molecule has 0 saturated heterocycles. The molecular weight excluding hydrogens is 298 g/mol. The number of esters is 1. The van der Waals surface area contributed by atoms with Crippen molar-refractivity contribution in [3.63, 3.8) is 0 Å². The predicted octanol–water partition coefficient (Wildman–Crippen LogP) is 0.824. The molecule has 0 saturated carbocycles. The number of likely N-dealkylation sites (N-methyl/N-ethyl adjacent to an activating group) is 1. The summed E-state index contributed by atoms with van der Waals surface area (Å²) in [6, 6.07) is 3.66. The fourth-order valence-electron chi connectivity index (χ4n) is 4.19. The molecule has 0 bridgehead atoms. The molecule has 0 radical (unpaired) electrons. The highest BCUT2D eigenvalue weighted by Crippen LogP contribution is 2.47. The molecule has 1 aromatic carbocycles. The number of rotatable bonds is 0. The molecular formula is C17H16NO5+. The molecule has 23 heavy (non-hydrogen) atoms. The second-order valence-corrected chi connectivity index (χ2v) is 6.42. The summed E-state index contributed by atoms with van der Waals surface area (Å²) >= 11 is 0. The van der Waals surface area contributed by atoms with Gasteiger partial charge in [-0.3, -0.25) is 0 Å². The van der Waals surface area contributed by atoms with Crippen molar-refractivity contribution in [3.05, 3.63) is 34.9 Å². The Kier molecular flexibility index (Phi) is 2.48. The SMILES string of the molecule is C[N+]1=CCC2=C[C@H](O)[C@H]3OC(=O)c4cc5c(cc4[C@H]3[C@@H]21)OCO5. The van der Waals surface area contributed by atoms with Crippen LogP contribution in [-0.4, -0.2) is 54.0 Å². The van der Waals surface area contributed by atoms with Gasteiger partial charge in [-0.15, -0.1) is 0 Å². The largest absolute Gasteiger partial charge is 0.455 e. The minimum atomic E-state index is -0.784. The van der Waals surface area contributed by atoms with E-state index in [1.165, 1.54) is 5.57 Å². The van der Waals surface area contributed by atoms with Gasteiger partial charge in [0.2, 0.25) is 6.79 Å². The summed E-state index contributed by atoms with van der Waals surface area (Å²) in [5, 5.41) is 10.4. The molecule has 0 aromatic heterocycles. The van der Waals surface area contributed by atoms with Crippen LogP contribution in [0.25, 0.3) is 0 Å². The van der Waals surface area contributed by atoms with Crippen molar-refractivity contribution >= 4 is 12.2 Å². The molecule has 0 amide bonds. The molecule has 5 rings (SSSR count). The number of nitrogens with zero attached hydrogens (tertiary/aromatic N) is 1. The Morgan fingerprint density at radius 3 is 2.87 bits per heavy atom. The Morgan fingerprint density at radius 2 is 2.04 bits per heavy atom. The van der Waals surface area contributed by atoms with Gasteiger partial charge in [0.05, 0.1) is 17.9 Å². The van der Waals surface area contributed by atoms with E-state index in [1.54, 1.807) is 6.07 Å². The van der Waals surface area contributed by atoms with Crippen LogP contribution in [0.4, 0.5) is 0 Å². The molecule has 3 aliphatic heterocycles. The van der Waals surface area contributed by atoms with Gasteiger partial charge in [0.1, 0.15) is 25.5 Å². The summed E-state index contributed by atoms with van der Waals surface area (Å²) in [6.45, 7) is 0.159. The highest BCUT2D eigenvalue weighted by Gasteiger charge is 2.53. The number of hydrogen-bond donors (Lipinski definition) is 1. The quantitative estimate of drug-likeness (QED) is 0.436. The summed E-state index contributed by atoms with van der Waals surface area (Å²) in [6.07, 6.45) is 3.40. The molecule has 1 aromatic rings. The third kappa shape index (κ3) is 1.67. The standard InChI is InChI=1S/C17H16NO5/c1-18-3-2-8-4-11(19)16-14(15(8)18)9-5-12-13(22-7-21-12)6-10(9)17(20)23-16/h3-6,11,14-16,19H,2,7H2,1H3/q+1/t11-,14-,15+,16+/m0/s1. The molecule has 6 heteroatoms. The number of aliphatic hydroxyl groups is 1. The monoisotopic (exact) mass is 314 g/mol. The number of hydrogen-bond acceptors (Lipinski definition) is 5. The van der Waals surface area contributed by atoms with E-state index < -0.39 is 18.2 Å². The maximum absolute atomic E-state index is 12.4. The first-order valence-corrected chi connectivity index (χ1v) is 7.72. The zero-order valence-corrected chi connectivity index (χ0v) is 12.6. The lowest BCUT2D eigenvalue weighted by molar-refractivity contribution is -0.525. The van der Waals surface area contributed by atoms with Gasteiger partial charge in [0, 0.05) is 5.57 Å². The second kappa shape index (κ2) is 4.35. The van der Waals surface area contributed by atoms with Crippen molar-refractivity contribution < 1.29 is 28.7 Å². The smallest absolute Gasteiger partial charge is 0.338 e. The maximum atomic E-state index is 12.4. The fraction of sp³-hybridized carbons (Fsp3) is 0.412. The Bertz CT molecular complexity index is 796. The summed E-state index contributed by atoms with van der Waals surface area (Å²) in [5.74, 6) is 0.682. The van der Waals surface area contributed by atoms with Crippen molar-refractivity contribution in [1.29, 1.82) is 0 Å². The number of fused-ring (bicyclic) bond motifs is 6. The van der Waals surface area contributed by atoms with Gasteiger partial charge in [-0.05, 0) is 23.8 Å². The van der Waals surface area contributed by atoms with Gasteiger partial charge in [-0.1, -0.05) is 0 Å². The Hall–Kier alpha value is -2.34. The van der Waals surface area contributed by atoms with Gasteiger partial charge < -0.3 is 19.3 Å². The van der Waals surface area contributed by atoms with Gasteiger partial charge in [-0.25, -0.2) is 9.37 Å². The topological polar surface area (TPSA) is 68.0 Å². The van der Waals surface area contributed by atoms with E-state index in [0.29, 0.717) is 17.1 Å². The van der Waals surface area contributed by atoms with E-state index in [0.717, 1.165) is 12.0 Å². The fourth-order valence-corrected chi connectivity index (χ4v) is 4.19. The number of benzene rings is 1. The van der Waals surface area contributed by atoms with Crippen LogP contribution < -0.4 is 9.47 Å². The van der Waals surface area contributed by atoms with E-state index in [2.05, 4.69) is 10.8 Å². The summed E-state index contributed by atoms with van der Waals surface area (Å²) in [5.41, 5.74) is 2.54. The molecule has 0 unspecified atom stereocenters. The summed E-state index contributed by atoms with van der Waals surface area (Å²) < 4.78 is 18.6. The van der Waals surface area contributed by atoms with Crippen LogP contribution in [-0.2, 0) is 4.74 Å². The first-order valence-electron chi connectivity index (χ1n) is 7.72. The third-order valence-corrected chi connectivity index (χ3v) is 5.22. The number of aliphatic hydroxyl groups excluding tert-OH is 1. The van der Waals surface area contributed by atoms with Crippen LogP contribution in [0.2, 0.25) is 0 Å². The lowest BCUT2D eigenvalue weighted by atomic mass is 9.73. The van der Waals surface area contributed by atoms with Gasteiger partial charge in [0.25, 0.3) is 0 Å². The van der Waals surface area contributed by atoms with Crippen LogP contribution in [0, 0.1) is 0 Å². The van der Waals surface area contributed by atoms with Crippen molar-refractivity contribution in [2.75, 3.05) is 13.8 Å². The molecule has 118 valence electrons. The maximum Gasteiger partial charge on any atom is 0.338 e. The van der Waals surface area contributed by atoms with E-state index in [4.69, 9.17) is 14.2 Å². The van der Waals surface area contributed by atoms with E-state index in [-0.39, 0.29) is 18.8 Å². The zero-order valence-electron chi connectivity index (χ0n) is 12.6. The first kappa shape index (κ1) is 13.1. The van der Waals surface area contributed by atoms with Gasteiger partial charge in [-0.2, -0.15) is 0 Å². The molecule has 0 fully saturated rings. The van der Waals surface area contributed by atoms with E-state index >= 15 is 0 Å². The lowest BCUT2D eigenvalue weighted by Crippen LogP contribution is -2.49. The summed E-state index contributed by atoms with van der Waals surface area (Å²) in [4.78, 5) is 12.4. The number of carbonyl (C=O) groups is 1. The zero-order chi connectivity index (χ0) is 15.7. The average Bonchev–Trinajstić information content (AvgIpc) is 3.13. The van der Waals surface area contributed by atoms with Crippen LogP contribution >= 0.6 is 0 Å². The van der Waals surface area contributed by atoms with Crippen molar-refractivity contribution in [3.8, 4) is 11.5 Å². The Labute approximate surface area is 132 Å². The van der Waals surface area contributed by atoms with Crippen molar-refractivity contribution in [1.82, 2.24) is 0 Å². The molecule has 3 heterocycles. The lowest BCUT2D eigenvalue weighted by Gasteiger charge is -2.39. The molecule has 4 atom stereocenters. The molecule has 1 N–H and O–H groups in total. The normalized spacial score (nSPS) is 33.2. The molecule has 1 aliphatic carbocycles. The van der Waals surface area contributed by atoms with Crippen molar-refractivity contribution in [2.24, 2.45) is 0 Å². The average molecular weight is 314 g/mol. The third-order valence-electron chi connectivity index (χ3n) is 5.22. The number of carbonyl (C=O) groups excluding carboxylic acids is 1. The minimum Gasteiger partial charge on any atom is -0.455 e. The molecule has 0 spiro atoms. The van der Waals surface area contributed by atoms with Crippen LogP contribution in [0.5, 0.6) is 11.5 Å². The molecule has 4 aliphatic rings.